The third-order valence-corrected chi connectivity index (χ3v) is 1.53. The van der Waals surface area contributed by atoms with Gasteiger partial charge in [-0.25, -0.2) is 0 Å². The zero-order chi connectivity index (χ0) is 9.52. The summed E-state index contributed by atoms with van der Waals surface area (Å²) in [6, 6.07) is 0. The fourth-order valence-corrected chi connectivity index (χ4v) is 0.938. The summed E-state index contributed by atoms with van der Waals surface area (Å²) in [5, 5.41) is 3.98. The molecule has 0 fully saturated rings. The molecule has 0 saturated carbocycles. The molecule has 1 rings (SSSR count). The van der Waals surface area contributed by atoms with Crippen molar-refractivity contribution in [3.8, 4) is 5.75 Å². The largest absolute Gasteiger partial charge is 0.488 e. The van der Waals surface area contributed by atoms with E-state index in [1.807, 2.05) is 13.2 Å². The fraction of sp³-hybridized carbons (Fsp3) is 0.667. The van der Waals surface area contributed by atoms with Gasteiger partial charge in [0.05, 0.1) is 19.0 Å². The van der Waals surface area contributed by atoms with E-state index in [2.05, 4.69) is 12.0 Å². The zero-order valence-corrected chi connectivity index (χ0v) is 8.19. The average molecular weight is 184 g/mol. The Kier molecular flexibility index (Phi) is 4.32. The highest BCUT2D eigenvalue weighted by atomic mass is 16.5. The number of aromatic nitrogens is 2. The summed E-state index contributed by atoms with van der Waals surface area (Å²) in [4.78, 5) is 0. The lowest BCUT2D eigenvalue weighted by Gasteiger charge is -2.03. The molecule has 4 heteroatoms. The third kappa shape index (κ3) is 3.94. The van der Waals surface area contributed by atoms with Crippen LogP contribution in [-0.2, 0) is 11.8 Å². The minimum atomic E-state index is 0.589. The summed E-state index contributed by atoms with van der Waals surface area (Å²) in [6.45, 7) is 4.12. The summed E-state index contributed by atoms with van der Waals surface area (Å²) >= 11 is 0. The Morgan fingerprint density at radius 1 is 1.38 bits per heavy atom. The van der Waals surface area contributed by atoms with Crippen LogP contribution in [0.4, 0.5) is 0 Å². The van der Waals surface area contributed by atoms with Crippen molar-refractivity contribution >= 4 is 0 Å². The molecule has 0 atom stereocenters. The molecule has 0 amide bonds. The molecular weight excluding hydrogens is 168 g/mol. The quantitative estimate of drug-likeness (QED) is 0.624. The molecule has 1 heterocycles. The molecule has 0 aliphatic rings. The second-order valence-electron chi connectivity index (χ2n) is 2.81. The minimum absolute atomic E-state index is 0.589. The number of hydrogen-bond acceptors (Lipinski definition) is 3. The Labute approximate surface area is 78.5 Å². The lowest BCUT2D eigenvalue weighted by atomic mass is 10.5. The molecule has 0 saturated heterocycles. The van der Waals surface area contributed by atoms with Crippen LogP contribution < -0.4 is 4.74 Å². The molecule has 1 aromatic heterocycles. The Balaban J connectivity index is 2.06. The Morgan fingerprint density at radius 2 is 2.23 bits per heavy atom. The summed E-state index contributed by atoms with van der Waals surface area (Å²) < 4.78 is 12.3. The van der Waals surface area contributed by atoms with Crippen LogP contribution in [0.5, 0.6) is 5.75 Å². The number of hydrogen-bond donors (Lipinski definition) is 0. The van der Waals surface area contributed by atoms with Crippen LogP contribution in [0.25, 0.3) is 0 Å². The van der Waals surface area contributed by atoms with Crippen LogP contribution in [0.1, 0.15) is 13.3 Å². The van der Waals surface area contributed by atoms with Gasteiger partial charge < -0.3 is 9.47 Å². The van der Waals surface area contributed by atoms with Gasteiger partial charge >= 0.3 is 0 Å². The maximum atomic E-state index is 5.37. The van der Waals surface area contributed by atoms with Gasteiger partial charge in [0, 0.05) is 13.7 Å². The van der Waals surface area contributed by atoms with Crippen molar-refractivity contribution in [3.05, 3.63) is 12.4 Å². The SMILES string of the molecule is CCCOCCOc1cnn(C)c1. The topological polar surface area (TPSA) is 36.3 Å². The average Bonchev–Trinajstić information content (AvgIpc) is 2.51. The molecule has 4 nitrogen and oxygen atoms in total. The van der Waals surface area contributed by atoms with Crippen LogP contribution in [0.3, 0.4) is 0 Å². The highest BCUT2D eigenvalue weighted by Crippen LogP contribution is 2.05. The van der Waals surface area contributed by atoms with Crippen LogP contribution >= 0.6 is 0 Å². The first-order valence-electron chi connectivity index (χ1n) is 4.52. The van der Waals surface area contributed by atoms with Crippen LogP contribution in [0.2, 0.25) is 0 Å². The summed E-state index contributed by atoms with van der Waals surface area (Å²) in [5.41, 5.74) is 0. The molecule has 0 N–H and O–H groups in total. The van der Waals surface area contributed by atoms with E-state index in [-0.39, 0.29) is 0 Å². The highest BCUT2D eigenvalue weighted by Gasteiger charge is 1.95. The van der Waals surface area contributed by atoms with E-state index in [0.717, 1.165) is 18.8 Å². The van der Waals surface area contributed by atoms with Crippen molar-refractivity contribution in [2.45, 2.75) is 13.3 Å². The Bertz CT molecular complexity index is 235. The standard InChI is InChI=1S/C9H16N2O2/c1-3-4-12-5-6-13-9-7-10-11(2)8-9/h7-8H,3-6H2,1-2H3. The molecule has 0 spiro atoms. The maximum Gasteiger partial charge on any atom is 0.157 e. The maximum absolute atomic E-state index is 5.37. The molecular formula is C9H16N2O2. The predicted octanol–water partition coefficient (Wildman–Crippen LogP) is 1.23. The van der Waals surface area contributed by atoms with Gasteiger partial charge in [-0.1, -0.05) is 6.92 Å². The molecule has 13 heavy (non-hydrogen) atoms. The fourth-order valence-electron chi connectivity index (χ4n) is 0.938. The number of ether oxygens (including phenoxy) is 2. The normalized spacial score (nSPS) is 10.3. The van der Waals surface area contributed by atoms with Crippen molar-refractivity contribution in [1.82, 2.24) is 9.78 Å². The van der Waals surface area contributed by atoms with Crippen LogP contribution in [0, 0.1) is 0 Å². The summed E-state index contributed by atoms with van der Waals surface area (Å²) in [5.74, 6) is 0.794. The van der Waals surface area contributed by atoms with Gasteiger partial charge in [0.15, 0.2) is 5.75 Å². The number of rotatable bonds is 6. The van der Waals surface area contributed by atoms with Crippen molar-refractivity contribution in [3.63, 3.8) is 0 Å². The van der Waals surface area contributed by atoms with E-state index in [0.29, 0.717) is 13.2 Å². The van der Waals surface area contributed by atoms with E-state index < -0.39 is 0 Å². The number of nitrogens with zero attached hydrogens (tertiary/aromatic N) is 2. The predicted molar refractivity (Wildman–Crippen MR) is 49.8 cm³/mol. The van der Waals surface area contributed by atoms with Gasteiger partial charge in [-0.2, -0.15) is 5.10 Å². The molecule has 0 aromatic carbocycles. The van der Waals surface area contributed by atoms with Gasteiger partial charge in [0.2, 0.25) is 0 Å². The molecule has 0 bridgehead atoms. The van der Waals surface area contributed by atoms with Gasteiger partial charge in [-0.15, -0.1) is 0 Å². The molecule has 1 aromatic rings. The first-order valence-corrected chi connectivity index (χ1v) is 4.52. The second-order valence-corrected chi connectivity index (χ2v) is 2.81. The van der Waals surface area contributed by atoms with Crippen molar-refractivity contribution in [1.29, 1.82) is 0 Å². The van der Waals surface area contributed by atoms with E-state index in [1.165, 1.54) is 0 Å². The van der Waals surface area contributed by atoms with Crippen LogP contribution in [-0.4, -0.2) is 29.6 Å². The van der Waals surface area contributed by atoms with Crippen molar-refractivity contribution in [2.75, 3.05) is 19.8 Å². The van der Waals surface area contributed by atoms with Gasteiger partial charge in [-0.05, 0) is 6.42 Å². The van der Waals surface area contributed by atoms with E-state index in [1.54, 1.807) is 10.9 Å². The Morgan fingerprint density at radius 3 is 2.85 bits per heavy atom. The molecule has 0 unspecified atom stereocenters. The molecule has 0 radical (unpaired) electrons. The van der Waals surface area contributed by atoms with Crippen molar-refractivity contribution < 1.29 is 9.47 Å². The first-order chi connectivity index (χ1) is 6.33. The lowest BCUT2D eigenvalue weighted by molar-refractivity contribution is 0.101. The monoisotopic (exact) mass is 184 g/mol. The van der Waals surface area contributed by atoms with Gasteiger partial charge in [0.25, 0.3) is 0 Å². The Hall–Kier alpha value is -1.03. The van der Waals surface area contributed by atoms with Crippen molar-refractivity contribution in [2.24, 2.45) is 7.05 Å². The number of aryl methyl sites for hydroxylation is 1. The third-order valence-electron chi connectivity index (χ3n) is 1.53. The minimum Gasteiger partial charge on any atom is -0.488 e. The summed E-state index contributed by atoms with van der Waals surface area (Å²) in [6.07, 6.45) is 4.58. The van der Waals surface area contributed by atoms with Crippen LogP contribution in [0.15, 0.2) is 12.4 Å². The highest BCUT2D eigenvalue weighted by molar-refractivity contribution is 5.10. The first kappa shape index (κ1) is 10.1. The molecule has 0 aliphatic carbocycles. The van der Waals surface area contributed by atoms with E-state index in [9.17, 15) is 0 Å². The smallest absolute Gasteiger partial charge is 0.157 e. The molecule has 0 aliphatic heterocycles. The van der Waals surface area contributed by atoms with E-state index >= 15 is 0 Å². The van der Waals surface area contributed by atoms with Gasteiger partial charge in [-0.3, -0.25) is 4.68 Å². The summed E-state index contributed by atoms with van der Waals surface area (Å²) in [7, 11) is 1.86. The molecule has 74 valence electrons. The lowest BCUT2D eigenvalue weighted by Crippen LogP contribution is -2.06. The zero-order valence-electron chi connectivity index (χ0n) is 8.19. The second kappa shape index (κ2) is 5.59. The van der Waals surface area contributed by atoms with Gasteiger partial charge in [0.1, 0.15) is 6.61 Å². The van der Waals surface area contributed by atoms with E-state index in [4.69, 9.17) is 9.47 Å².